The van der Waals surface area contributed by atoms with Gasteiger partial charge in [-0.3, -0.25) is 14.9 Å². The molecule has 0 N–H and O–H groups in total. The van der Waals surface area contributed by atoms with Gasteiger partial charge in [0.15, 0.2) is 5.76 Å². The van der Waals surface area contributed by atoms with E-state index in [4.69, 9.17) is 4.42 Å². The van der Waals surface area contributed by atoms with Crippen molar-refractivity contribution in [3.63, 3.8) is 0 Å². The van der Waals surface area contributed by atoms with Crippen LogP contribution in [0.25, 0.3) is 0 Å². The third-order valence-corrected chi connectivity index (χ3v) is 2.94. The van der Waals surface area contributed by atoms with E-state index in [1.54, 1.807) is 0 Å². The molecule has 0 fully saturated rings. The second-order valence-electron chi connectivity index (χ2n) is 4.71. The maximum Gasteiger partial charge on any atom is 0.573 e. The molecule has 1 aromatic carbocycles. The number of carbonyl (C=O) groups is 1. The Hall–Kier alpha value is -3.04. The molecule has 0 unspecified atom stereocenters. The lowest BCUT2D eigenvalue weighted by molar-refractivity contribution is -0.402. The number of hydrogen-bond donors (Lipinski definition) is 0. The summed E-state index contributed by atoms with van der Waals surface area (Å²) in [6.45, 7) is -0.209. The van der Waals surface area contributed by atoms with Crippen molar-refractivity contribution in [3.05, 3.63) is 57.8 Å². The lowest BCUT2D eigenvalue weighted by Crippen LogP contribution is -2.26. The number of furan rings is 1. The first-order chi connectivity index (χ1) is 11.2. The van der Waals surface area contributed by atoms with Crippen LogP contribution in [0, 0.1) is 10.1 Å². The molecule has 0 spiro atoms. The number of benzene rings is 1. The second kappa shape index (κ2) is 6.60. The Morgan fingerprint density at radius 2 is 1.96 bits per heavy atom. The molecule has 1 amide bonds. The molecule has 10 heteroatoms. The van der Waals surface area contributed by atoms with Gasteiger partial charge in [-0.2, -0.15) is 0 Å². The fraction of sp³-hybridized carbons (Fsp3) is 0.214. The summed E-state index contributed by atoms with van der Waals surface area (Å²) >= 11 is 0. The number of hydrogen-bond acceptors (Lipinski definition) is 5. The van der Waals surface area contributed by atoms with Crippen LogP contribution in [0.4, 0.5) is 19.1 Å². The van der Waals surface area contributed by atoms with Gasteiger partial charge in [-0.05, 0) is 12.1 Å². The standard InChI is InChI=1S/C14H11F3N2O5/c1-18(13(20)11-6-7-12(23-11)19(21)22)8-9-4-2-3-5-10(9)24-14(15,16)17/h2-7H,8H2,1H3. The van der Waals surface area contributed by atoms with Crippen LogP contribution in [0.5, 0.6) is 5.75 Å². The van der Waals surface area contributed by atoms with Crippen LogP contribution >= 0.6 is 0 Å². The molecule has 128 valence electrons. The van der Waals surface area contributed by atoms with Gasteiger partial charge >= 0.3 is 12.2 Å². The highest BCUT2D eigenvalue weighted by atomic mass is 19.4. The quantitative estimate of drug-likeness (QED) is 0.613. The van der Waals surface area contributed by atoms with Crippen LogP contribution < -0.4 is 4.74 Å². The predicted molar refractivity (Wildman–Crippen MR) is 74.3 cm³/mol. The number of carbonyl (C=O) groups excluding carboxylic acids is 1. The second-order valence-corrected chi connectivity index (χ2v) is 4.71. The average molecular weight is 344 g/mol. The zero-order chi connectivity index (χ0) is 17.9. The smallest absolute Gasteiger partial charge is 0.405 e. The minimum Gasteiger partial charge on any atom is -0.405 e. The van der Waals surface area contributed by atoms with E-state index in [1.807, 2.05) is 0 Å². The molecule has 2 aromatic rings. The summed E-state index contributed by atoms with van der Waals surface area (Å²) in [4.78, 5) is 22.9. The van der Waals surface area contributed by atoms with Crippen LogP contribution in [-0.2, 0) is 6.54 Å². The van der Waals surface area contributed by atoms with Crippen molar-refractivity contribution in [1.29, 1.82) is 0 Å². The molecular weight excluding hydrogens is 333 g/mol. The van der Waals surface area contributed by atoms with Crippen molar-refractivity contribution in [2.75, 3.05) is 7.05 Å². The highest BCUT2D eigenvalue weighted by molar-refractivity contribution is 5.91. The molecule has 24 heavy (non-hydrogen) atoms. The number of nitrogens with zero attached hydrogens (tertiary/aromatic N) is 2. The lowest BCUT2D eigenvalue weighted by atomic mass is 10.2. The first-order valence-corrected chi connectivity index (χ1v) is 6.50. The zero-order valence-electron chi connectivity index (χ0n) is 12.2. The first kappa shape index (κ1) is 17.3. The molecule has 0 aliphatic rings. The highest BCUT2D eigenvalue weighted by Gasteiger charge is 2.32. The van der Waals surface area contributed by atoms with Gasteiger partial charge in [0.1, 0.15) is 10.7 Å². The van der Waals surface area contributed by atoms with Crippen molar-refractivity contribution in [2.45, 2.75) is 12.9 Å². The Morgan fingerprint density at radius 3 is 2.54 bits per heavy atom. The molecule has 0 bridgehead atoms. The number of rotatable bonds is 5. The highest BCUT2D eigenvalue weighted by Crippen LogP contribution is 2.27. The molecule has 7 nitrogen and oxygen atoms in total. The molecule has 0 aliphatic heterocycles. The number of para-hydroxylation sites is 1. The molecular formula is C14H11F3N2O5. The largest absolute Gasteiger partial charge is 0.573 e. The van der Waals surface area contributed by atoms with Crippen molar-refractivity contribution in [2.24, 2.45) is 0 Å². The van der Waals surface area contributed by atoms with E-state index in [9.17, 15) is 28.1 Å². The number of nitro groups is 1. The lowest BCUT2D eigenvalue weighted by Gasteiger charge is -2.18. The van der Waals surface area contributed by atoms with Gasteiger partial charge in [0, 0.05) is 19.2 Å². The Labute approximate surface area is 133 Å². The van der Waals surface area contributed by atoms with Gasteiger partial charge in [0.05, 0.1) is 6.07 Å². The minimum absolute atomic E-state index is 0.117. The maximum absolute atomic E-state index is 12.4. The summed E-state index contributed by atoms with van der Waals surface area (Å²) in [6, 6.07) is 7.49. The summed E-state index contributed by atoms with van der Waals surface area (Å²) in [5.74, 6) is -2.05. The summed E-state index contributed by atoms with van der Waals surface area (Å²) in [5.41, 5.74) is 0.117. The number of amides is 1. The number of halogens is 3. The van der Waals surface area contributed by atoms with Crippen molar-refractivity contribution < 1.29 is 32.0 Å². The third kappa shape index (κ3) is 4.24. The maximum atomic E-state index is 12.4. The SMILES string of the molecule is CN(Cc1ccccc1OC(F)(F)F)C(=O)c1ccc([N+](=O)[O-])o1. The van der Waals surface area contributed by atoms with Crippen LogP contribution in [0.15, 0.2) is 40.8 Å². The molecule has 0 aliphatic carbocycles. The average Bonchev–Trinajstić information content (AvgIpc) is 2.97. The number of alkyl halides is 3. The fourth-order valence-electron chi connectivity index (χ4n) is 1.91. The molecule has 0 saturated carbocycles. The van der Waals surface area contributed by atoms with E-state index in [-0.39, 0.29) is 17.9 Å². The molecule has 0 saturated heterocycles. The topological polar surface area (TPSA) is 85.8 Å². The Kier molecular flexibility index (Phi) is 4.77. The van der Waals surface area contributed by atoms with Gasteiger partial charge < -0.3 is 14.1 Å². The summed E-state index contributed by atoms with van der Waals surface area (Å²) < 4.78 is 45.8. The van der Waals surface area contributed by atoms with E-state index >= 15 is 0 Å². The van der Waals surface area contributed by atoms with Gasteiger partial charge in [-0.1, -0.05) is 18.2 Å². The zero-order valence-corrected chi connectivity index (χ0v) is 12.2. The molecule has 1 heterocycles. The molecule has 1 aromatic heterocycles. The van der Waals surface area contributed by atoms with Gasteiger partial charge in [0.2, 0.25) is 0 Å². The number of ether oxygens (including phenoxy) is 1. The van der Waals surface area contributed by atoms with Crippen LogP contribution in [0.1, 0.15) is 16.1 Å². The Balaban J connectivity index is 2.15. The van der Waals surface area contributed by atoms with Gasteiger partial charge in [-0.15, -0.1) is 13.2 Å². The van der Waals surface area contributed by atoms with E-state index in [1.165, 1.54) is 25.2 Å². The van der Waals surface area contributed by atoms with Gasteiger partial charge in [0.25, 0.3) is 5.91 Å². The van der Waals surface area contributed by atoms with E-state index < -0.39 is 28.8 Å². The molecule has 2 rings (SSSR count). The van der Waals surface area contributed by atoms with Crippen molar-refractivity contribution >= 4 is 11.8 Å². The monoisotopic (exact) mass is 344 g/mol. The van der Waals surface area contributed by atoms with Crippen LogP contribution in [-0.4, -0.2) is 29.1 Å². The summed E-state index contributed by atoms with van der Waals surface area (Å²) in [7, 11) is 1.32. The van der Waals surface area contributed by atoms with Crippen molar-refractivity contribution in [1.82, 2.24) is 4.90 Å². The van der Waals surface area contributed by atoms with E-state index in [0.29, 0.717) is 0 Å². The predicted octanol–water partition coefficient (Wildman–Crippen LogP) is 3.36. The minimum atomic E-state index is -4.86. The van der Waals surface area contributed by atoms with Crippen molar-refractivity contribution in [3.8, 4) is 5.75 Å². The third-order valence-electron chi connectivity index (χ3n) is 2.94. The van der Waals surface area contributed by atoms with Crippen LogP contribution in [0.3, 0.4) is 0 Å². The normalized spacial score (nSPS) is 11.2. The Bertz CT molecular complexity index is 757. The summed E-state index contributed by atoms with van der Waals surface area (Å²) in [6.07, 6.45) is -4.86. The Morgan fingerprint density at radius 1 is 1.29 bits per heavy atom. The van der Waals surface area contributed by atoms with E-state index in [2.05, 4.69) is 4.74 Å². The van der Waals surface area contributed by atoms with Gasteiger partial charge in [-0.25, -0.2) is 0 Å². The fourth-order valence-corrected chi connectivity index (χ4v) is 1.91. The summed E-state index contributed by atoms with van der Waals surface area (Å²) in [5, 5.41) is 10.5. The first-order valence-electron chi connectivity index (χ1n) is 6.50. The van der Waals surface area contributed by atoms with E-state index in [0.717, 1.165) is 23.1 Å². The van der Waals surface area contributed by atoms with Crippen LogP contribution in [0.2, 0.25) is 0 Å². The molecule has 0 radical (unpaired) electrons. The molecule has 0 atom stereocenters.